The highest BCUT2D eigenvalue weighted by Gasteiger charge is 2.44. The summed E-state index contributed by atoms with van der Waals surface area (Å²) >= 11 is 0. The first-order valence-electron chi connectivity index (χ1n) is 16.8. The van der Waals surface area contributed by atoms with Gasteiger partial charge in [-0.1, -0.05) is 33.1 Å². The van der Waals surface area contributed by atoms with Gasteiger partial charge in [-0.2, -0.15) is 0 Å². The van der Waals surface area contributed by atoms with Crippen molar-refractivity contribution < 1.29 is 42.8 Å². The predicted molar refractivity (Wildman–Crippen MR) is 187 cm³/mol. The van der Waals surface area contributed by atoms with Crippen LogP contribution in [0.1, 0.15) is 122 Å². The van der Waals surface area contributed by atoms with Crippen LogP contribution in [0.25, 0.3) is 0 Å². The predicted octanol–water partition coefficient (Wildman–Crippen LogP) is 7.89. The van der Waals surface area contributed by atoms with Gasteiger partial charge in [0.15, 0.2) is 5.78 Å². The first-order valence-corrected chi connectivity index (χ1v) is 16.8. The Morgan fingerprint density at radius 2 is 0.936 bits per heavy atom. The highest BCUT2D eigenvalue weighted by atomic mass is 16.6. The van der Waals surface area contributed by atoms with Crippen LogP contribution in [0.3, 0.4) is 0 Å². The van der Waals surface area contributed by atoms with Crippen molar-refractivity contribution in [1.82, 2.24) is 0 Å². The molecule has 0 aliphatic rings. The number of ether oxygens (including phenoxy) is 6. The fourth-order valence-electron chi connectivity index (χ4n) is 6.09. The van der Waals surface area contributed by atoms with Crippen LogP contribution in [0.4, 0.5) is 0 Å². The minimum Gasteiger partial charge on any atom is -0.456 e. The van der Waals surface area contributed by atoms with E-state index in [0.717, 1.165) is 18.6 Å². The molecule has 0 aromatic heterocycles. The SMILES string of the molecule is C=CC(=O)OC(C)(C)CCOC(C)(C)CC(CC)(CC(C)(C)OCCOC(C)C(=O)C=C)CC(C)(C)OCCC(C)(C)OC(=O)C=C. The van der Waals surface area contributed by atoms with Crippen LogP contribution in [0.5, 0.6) is 0 Å². The molecular weight excluding hydrogens is 600 g/mol. The lowest BCUT2D eigenvalue weighted by molar-refractivity contribution is -0.154. The number of hydrogen-bond acceptors (Lipinski definition) is 9. The Morgan fingerprint density at radius 3 is 1.26 bits per heavy atom. The average Bonchev–Trinajstić information content (AvgIpc) is 2.92. The van der Waals surface area contributed by atoms with Gasteiger partial charge in [-0.05, 0) is 107 Å². The lowest BCUT2D eigenvalue weighted by Gasteiger charge is -2.47. The van der Waals surface area contributed by atoms with Gasteiger partial charge in [0.2, 0.25) is 0 Å². The number of esters is 2. The summed E-state index contributed by atoms with van der Waals surface area (Å²) in [4.78, 5) is 35.4. The molecule has 0 bridgehead atoms. The molecule has 0 radical (unpaired) electrons. The molecule has 272 valence electrons. The van der Waals surface area contributed by atoms with Crippen LogP contribution in [0.15, 0.2) is 38.0 Å². The minimum atomic E-state index is -0.696. The van der Waals surface area contributed by atoms with Crippen LogP contribution < -0.4 is 0 Å². The maximum absolute atomic E-state index is 11.8. The minimum absolute atomic E-state index is 0.164. The maximum atomic E-state index is 11.8. The molecule has 1 atom stereocenters. The molecule has 9 heteroatoms. The Bertz CT molecular complexity index is 982. The van der Waals surface area contributed by atoms with Crippen molar-refractivity contribution in [2.45, 2.75) is 156 Å². The van der Waals surface area contributed by atoms with E-state index in [0.29, 0.717) is 51.9 Å². The van der Waals surface area contributed by atoms with E-state index in [4.69, 9.17) is 28.4 Å². The molecule has 0 amide bonds. The number of rotatable bonds is 26. The quantitative estimate of drug-likeness (QED) is 0.0517. The molecule has 0 saturated heterocycles. The molecule has 0 aliphatic carbocycles. The zero-order valence-corrected chi connectivity index (χ0v) is 31.7. The second kappa shape index (κ2) is 19.0. The number of carbonyl (C=O) groups is 3. The van der Waals surface area contributed by atoms with Gasteiger partial charge in [-0.3, -0.25) is 4.79 Å². The zero-order chi connectivity index (χ0) is 36.7. The number of hydrogen-bond donors (Lipinski definition) is 0. The Hall–Kier alpha value is -2.33. The molecule has 0 fully saturated rings. The summed E-state index contributed by atoms with van der Waals surface area (Å²) in [6.45, 7) is 35.7. The molecule has 47 heavy (non-hydrogen) atoms. The van der Waals surface area contributed by atoms with Crippen molar-refractivity contribution in [2.75, 3.05) is 26.4 Å². The van der Waals surface area contributed by atoms with Gasteiger partial charge in [0.1, 0.15) is 17.3 Å². The molecule has 0 aliphatic heterocycles. The largest absolute Gasteiger partial charge is 0.456 e. The number of ketones is 1. The summed E-state index contributed by atoms with van der Waals surface area (Å²) in [6.07, 6.45) is 7.06. The summed E-state index contributed by atoms with van der Waals surface area (Å²) in [5, 5.41) is 0. The lowest BCUT2D eigenvalue weighted by Crippen LogP contribution is -2.45. The molecule has 0 spiro atoms. The van der Waals surface area contributed by atoms with Crippen molar-refractivity contribution >= 4 is 17.7 Å². The highest BCUT2D eigenvalue weighted by molar-refractivity contribution is 5.92. The average molecular weight is 667 g/mol. The van der Waals surface area contributed by atoms with Gasteiger partial charge in [-0.15, -0.1) is 0 Å². The fraction of sp³-hybridized carbons (Fsp3) is 0.763. The maximum Gasteiger partial charge on any atom is 0.330 e. The van der Waals surface area contributed by atoms with Crippen LogP contribution in [-0.2, 0) is 42.8 Å². The van der Waals surface area contributed by atoms with Crippen molar-refractivity contribution in [3.63, 3.8) is 0 Å². The first-order chi connectivity index (χ1) is 21.4. The van der Waals surface area contributed by atoms with Crippen LogP contribution in [-0.4, -0.2) is 78.3 Å². The monoisotopic (exact) mass is 666 g/mol. The molecule has 9 nitrogen and oxygen atoms in total. The molecule has 1 unspecified atom stereocenters. The molecule has 0 aromatic rings. The van der Waals surface area contributed by atoms with Crippen molar-refractivity contribution in [1.29, 1.82) is 0 Å². The second-order valence-electron chi connectivity index (χ2n) is 15.6. The van der Waals surface area contributed by atoms with Gasteiger partial charge in [0.05, 0.1) is 43.2 Å². The highest BCUT2D eigenvalue weighted by Crippen LogP contribution is 2.48. The van der Waals surface area contributed by atoms with Crippen molar-refractivity contribution in [3.8, 4) is 0 Å². The van der Waals surface area contributed by atoms with Gasteiger partial charge in [0, 0.05) is 25.0 Å². The van der Waals surface area contributed by atoms with Crippen molar-refractivity contribution in [2.24, 2.45) is 5.41 Å². The smallest absolute Gasteiger partial charge is 0.330 e. The summed E-state index contributed by atoms with van der Waals surface area (Å²) in [6, 6.07) is 0. The molecule has 0 aromatic carbocycles. The van der Waals surface area contributed by atoms with Crippen LogP contribution in [0, 0.1) is 5.41 Å². The summed E-state index contributed by atoms with van der Waals surface area (Å²) in [5.41, 5.74) is -3.23. The lowest BCUT2D eigenvalue weighted by atomic mass is 9.65. The topological polar surface area (TPSA) is 107 Å². The summed E-state index contributed by atoms with van der Waals surface area (Å²) in [5.74, 6) is -1.08. The third-order valence-electron chi connectivity index (χ3n) is 8.18. The molecule has 0 rings (SSSR count). The van der Waals surface area contributed by atoms with E-state index < -0.39 is 46.0 Å². The van der Waals surface area contributed by atoms with Gasteiger partial charge >= 0.3 is 11.9 Å². The van der Waals surface area contributed by atoms with Crippen molar-refractivity contribution in [3.05, 3.63) is 38.0 Å². The Labute approximate surface area is 285 Å². The van der Waals surface area contributed by atoms with Crippen LogP contribution >= 0.6 is 0 Å². The Kier molecular flexibility index (Phi) is 18.1. The van der Waals surface area contributed by atoms with Crippen LogP contribution in [0.2, 0.25) is 0 Å². The molecule has 0 heterocycles. The first kappa shape index (κ1) is 44.7. The van der Waals surface area contributed by atoms with Gasteiger partial charge in [0.25, 0.3) is 0 Å². The number of carbonyl (C=O) groups excluding carboxylic acids is 3. The van der Waals surface area contributed by atoms with E-state index in [9.17, 15) is 14.4 Å². The molecular formula is C38H66O9. The third kappa shape index (κ3) is 19.3. The second-order valence-corrected chi connectivity index (χ2v) is 15.6. The summed E-state index contributed by atoms with van der Waals surface area (Å²) in [7, 11) is 0. The molecule has 0 saturated carbocycles. The fourth-order valence-corrected chi connectivity index (χ4v) is 6.09. The normalized spacial score (nSPS) is 13.9. The summed E-state index contributed by atoms with van der Waals surface area (Å²) < 4.78 is 36.0. The van der Waals surface area contributed by atoms with E-state index in [1.165, 1.54) is 6.08 Å². The van der Waals surface area contributed by atoms with E-state index in [1.807, 2.05) is 27.7 Å². The molecule has 0 N–H and O–H groups in total. The third-order valence-corrected chi connectivity index (χ3v) is 8.18. The van der Waals surface area contributed by atoms with Gasteiger partial charge < -0.3 is 28.4 Å². The standard InChI is InChI=1S/C38H66O9/c1-16-30(39)29(5)42-24-25-45-37(14,15)28-38(19-4,26-35(10,11)43-22-20-33(6,7)46-31(40)17-2)27-36(12,13)44-23-21-34(8,9)47-32(41)18-3/h16-18,29H,1-3,19-28H2,4-15H3. The zero-order valence-electron chi connectivity index (χ0n) is 31.7. The Balaban J connectivity index is 5.92. The van der Waals surface area contributed by atoms with E-state index in [2.05, 4.69) is 68.2 Å². The van der Waals surface area contributed by atoms with Gasteiger partial charge in [-0.25, -0.2) is 9.59 Å². The van der Waals surface area contributed by atoms with E-state index in [1.54, 1.807) is 6.92 Å². The van der Waals surface area contributed by atoms with E-state index in [-0.39, 0.29) is 17.8 Å². The Morgan fingerprint density at radius 1 is 0.574 bits per heavy atom. The van der Waals surface area contributed by atoms with E-state index >= 15 is 0 Å².